The van der Waals surface area contributed by atoms with Crippen LogP contribution in [0.3, 0.4) is 0 Å². The lowest BCUT2D eigenvalue weighted by Gasteiger charge is -2.06. The molecule has 1 aromatic heterocycles. The molecule has 1 heterocycles. The van der Waals surface area contributed by atoms with Crippen LogP contribution in [0.2, 0.25) is 10.0 Å². The molecule has 0 saturated carbocycles. The van der Waals surface area contributed by atoms with Crippen molar-refractivity contribution >= 4 is 34.7 Å². The summed E-state index contributed by atoms with van der Waals surface area (Å²) in [5.41, 5.74) is 6.00. The number of rotatable bonds is 2. The third-order valence-corrected chi connectivity index (χ3v) is 3.26. The number of ketones is 1. The first-order chi connectivity index (χ1) is 8.43. The normalized spacial score (nSPS) is 10.6. The fraction of sp³-hybridized carbons (Fsp3) is 0.0909. The first-order valence-electron chi connectivity index (χ1n) is 4.92. The lowest BCUT2D eigenvalue weighted by molar-refractivity contribution is 0.103. The standard InChI is InChI=1S/C11H9Cl2N3O2/c1-16-11(18)6(4-15-16)10(17)5-2-3-7(12)9(14)8(5)13/h2-4,18H,14H2,1H3. The molecular weight excluding hydrogens is 277 g/mol. The second-order valence-corrected chi connectivity index (χ2v) is 4.44. The van der Waals surface area contributed by atoms with Crippen molar-refractivity contribution in [2.45, 2.75) is 0 Å². The topological polar surface area (TPSA) is 81.1 Å². The summed E-state index contributed by atoms with van der Waals surface area (Å²) in [6, 6.07) is 2.93. The van der Waals surface area contributed by atoms with Gasteiger partial charge in [0.2, 0.25) is 11.7 Å². The number of carbonyl (C=O) groups excluding carboxylic acids is 1. The van der Waals surface area contributed by atoms with Gasteiger partial charge in [-0.25, -0.2) is 4.68 Å². The van der Waals surface area contributed by atoms with E-state index in [1.807, 2.05) is 0 Å². The molecule has 0 unspecified atom stereocenters. The average molecular weight is 286 g/mol. The predicted molar refractivity (Wildman–Crippen MR) is 69.2 cm³/mol. The molecular formula is C11H9Cl2N3O2. The Morgan fingerprint density at radius 1 is 1.39 bits per heavy atom. The van der Waals surface area contributed by atoms with Crippen LogP contribution < -0.4 is 5.73 Å². The SMILES string of the molecule is Cn1ncc(C(=O)c2ccc(Cl)c(N)c2Cl)c1O. The summed E-state index contributed by atoms with van der Waals surface area (Å²) >= 11 is 11.7. The van der Waals surface area contributed by atoms with Gasteiger partial charge in [-0.15, -0.1) is 0 Å². The van der Waals surface area contributed by atoms with Crippen LogP contribution in [0.5, 0.6) is 5.88 Å². The highest BCUT2D eigenvalue weighted by molar-refractivity contribution is 6.41. The molecule has 7 heteroatoms. The van der Waals surface area contributed by atoms with E-state index in [1.165, 1.54) is 30.1 Å². The average Bonchev–Trinajstić information content (AvgIpc) is 2.67. The van der Waals surface area contributed by atoms with E-state index in [0.29, 0.717) is 0 Å². The van der Waals surface area contributed by atoms with E-state index in [-0.39, 0.29) is 32.7 Å². The summed E-state index contributed by atoms with van der Waals surface area (Å²) in [6.45, 7) is 0. The molecule has 18 heavy (non-hydrogen) atoms. The number of anilines is 1. The van der Waals surface area contributed by atoms with Gasteiger partial charge in [-0.1, -0.05) is 23.2 Å². The number of nitrogen functional groups attached to an aromatic ring is 1. The minimum atomic E-state index is -0.464. The van der Waals surface area contributed by atoms with Gasteiger partial charge in [0.15, 0.2) is 0 Å². The van der Waals surface area contributed by atoms with Gasteiger partial charge in [0.05, 0.1) is 21.9 Å². The van der Waals surface area contributed by atoms with Crippen LogP contribution in [0.25, 0.3) is 0 Å². The minimum absolute atomic E-state index is 0.0566. The highest BCUT2D eigenvalue weighted by atomic mass is 35.5. The van der Waals surface area contributed by atoms with Crippen LogP contribution in [0.4, 0.5) is 5.69 Å². The van der Waals surface area contributed by atoms with E-state index in [1.54, 1.807) is 0 Å². The van der Waals surface area contributed by atoms with Gasteiger partial charge < -0.3 is 10.8 Å². The zero-order valence-electron chi connectivity index (χ0n) is 9.32. The Kier molecular flexibility index (Phi) is 3.19. The molecule has 94 valence electrons. The van der Waals surface area contributed by atoms with Gasteiger partial charge >= 0.3 is 0 Å². The molecule has 0 aliphatic rings. The molecule has 2 rings (SSSR count). The maximum absolute atomic E-state index is 12.2. The summed E-state index contributed by atoms with van der Waals surface area (Å²) in [7, 11) is 1.52. The van der Waals surface area contributed by atoms with Crippen molar-refractivity contribution in [3.8, 4) is 5.88 Å². The lowest BCUT2D eigenvalue weighted by atomic mass is 10.1. The van der Waals surface area contributed by atoms with Gasteiger partial charge in [0, 0.05) is 12.6 Å². The van der Waals surface area contributed by atoms with E-state index < -0.39 is 5.78 Å². The number of benzene rings is 1. The zero-order chi connectivity index (χ0) is 13.4. The number of aromatic hydroxyl groups is 1. The van der Waals surface area contributed by atoms with Gasteiger partial charge in [0.1, 0.15) is 5.56 Å². The molecule has 0 atom stereocenters. The maximum atomic E-state index is 12.2. The Morgan fingerprint density at radius 2 is 2.06 bits per heavy atom. The Balaban J connectivity index is 2.54. The highest BCUT2D eigenvalue weighted by Crippen LogP contribution is 2.32. The quantitative estimate of drug-likeness (QED) is 0.655. The molecule has 1 aromatic carbocycles. The van der Waals surface area contributed by atoms with Crippen LogP contribution in [-0.4, -0.2) is 20.7 Å². The summed E-state index contributed by atoms with van der Waals surface area (Å²) in [6.07, 6.45) is 1.26. The highest BCUT2D eigenvalue weighted by Gasteiger charge is 2.21. The van der Waals surface area contributed by atoms with Gasteiger partial charge in [-0.3, -0.25) is 4.79 Å². The first-order valence-corrected chi connectivity index (χ1v) is 5.68. The molecule has 0 fully saturated rings. The third-order valence-electron chi connectivity index (χ3n) is 2.52. The molecule has 0 saturated heterocycles. The smallest absolute Gasteiger partial charge is 0.220 e. The number of aromatic nitrogens is 2. The third kappa shape index (κ3) is 1.91. The number of halogens is 2. The van der Waals surface area contributed by atoms with Crippen LogP contribution in [0.1, 0.15) is 15.9 Å². The van der Waals surface area contributed by atoms with Crippen LogP contribution in [0, 0.1) is 0 Å². The Hall–Kier alpha value is -1.72. The molecule has 5 nitrogen and oxygen atoms in total. The van der Waals surface area contributed by atoms with Crippen LogP contribution in [0.15, 0.2) is 18.3 Å². The molecule has 0 amide bonds. The second-order valence-electron chi connectivity index (χ2n) is 3.66. The van der Waals surface area contributed by atoms with Crippen molar-refractivity contribution in [2.24, 2.45) is 7.05 Å². The van der Waals surface area contributed by atoms with Crippen LogP contribution in [-0.2, 0) is 7.05 Å². The molecule has 0 spiro atoms. The number of nitrogens with two attached hydrogens (primary N) is 1. The minimum Gasteiger partial charge on any atom is -0.493 e. The van der Waals surface area contributed by atoms with Gasteiger partial charge in [0.25, 0.3) is 0 Å². The number of aryl methyl sites for hydroxylation is 1. The second kappa shape index (κ2) is 4.51. The largest absolute Gasteiger partial charge is 0.493 e. The molecule has 0 bridgehead atoms. The van der Waals surface area contributed by atoms with Gasteiger partial charge in [-0.05, 0) is 12.1 Å². The van der Waals surface area contributed by atoms with Crippen molar-refractivity contribution < 1.29 is 9.90 Å². The number of hydrogen-bond donors (Lipinski definition) is 2. The van der Waals surface area contributed by atoms with E-state index in [0.717, 1.165) is 0 Å². The van der Waals surface area contributed by atoms with E-state index >= 15 is 0 Å². The Bertz CT molecular complexity index is 637. The van der Waals surface area contributed by atoms with E-state index in [9.17, 15) is 9.90 Å². The van der Waals surface area contributed by atoms with Crippen molar-refractivity contribution in [1.29, 1.82) is 0 Å². The Labute approximate surface area is 113 Å². The number of carbonyl (C=O) groups is 1. The van der Waals surface area contributed by atoms with Gasteiger partial charge in [-0.2, -0.15) is 5.10 Å². The monoisotopic (exact) mass is 285 g/mol. The van der Waals surface area contributed by atoms with Crippen LogP contribution >= 0.6 is 23.2 Å². The molecule has 0 aliphatic heterocycles. The van der Waals surface area contributed by atoms with Crippen molar-refractivity contribution in [3.63, 3.8) is 0 Å². The Morgan fingerprint density at radius 3 is 2.61 bits per heavy atom. The zero-order valence-corrected chi connectivity index (χ0v) is 10.8. The summed E-state index contributed by atoms with van der Waals surface area (Å²) in [4.78, 5) is 12.2. The summed E-state index contributed by atoms with van der Waals surface area (Å²) < 4.78 is 1.18. The number of nitrogens with zero attached hydrogens (tertiary/aromatic N) is 2. The molecule has 0 aliphatic carbocycles. The fourth-order valence-corrected chi connectivity index (χ4v) is 1.94. The lowest BCUT2D eigenvalue weighted by Crippen LogP contribution is -2.04. The molecule has 0 radical (unpaired) electrons. The summed E-state index contributed by atoms with van der Waals surface area (Å²) in [5.74, 6) is -0.696. The molecule has 3 N–H and O–H groups in total. The van der Waals surface area contributed by atoms with E-state index in [2.05, 4.69) is 5.10 Å². The van der Waals surface area contributed by atoms with Crippen molar-refractivity contribution in [3.05, 3.63) is 39.5 Å². The molecule has 2 aromatic rings. The van der Waals surface area contributed by atoms with E-state index in [4.69, 9.17) is 28.9 Å². The maximum Gasteiger partial charge on any atom is 0.220 e. The number of hydrogen-bond acceptors (Lipinski definition) is 4. The van der Waals surface area contributed by atoms with Crippen molar-refractivity contribution in [1.82, 2.24) is 9.78 Å². The van der Waals surface area contributed by atoms with Crippen molar-refractivity contribution in [2.75, 3.05) is 5.73 Å². The first kappa shape index (κ1) is 12.7. The summed E-state index contributed by atoms with van der Waals surface area (Å²) in [5, 5.41) is 13.8. The fourth-order valence-electron chi connectivity index (χ4n) is 1.48. The predicted octanol–water partition coefficient (Wildman–Crippen LogP) is 2.25.